The maximum Gasteiger partial charge on any atom is 0.222 e. The van der Waals surface area contributed by atoms with Crippen molar-refractivity contribution in [3.8, 4) is 11.5 Å². The maximum atomic E-state index is 6.19. The van der Waals surface area contributed by atoms with Crippen LogP contribution in [0.4, 0.5) is 17.5 Å². The highest BCUT2D eigenvalue weighted by Crippen LogP contribution is 2.30. The summed E-state index contributed by atoms with van der Waals surface area (Å²) >= 11 is 0. The van der Waals surface area contributed by atoms with Crippen LogP contribution in [0.3, 0.4) is 0 Å². The topological polar surface area (TPSA) is 125 Å². The normalized spacial score (nSPS) is 10.8. The minimum absolute atomic E-state index is 0.113. The predicted octanol–water partition coefficient (Wildman–Crippen LogP) is 2.36. The van der Waals surface area contributed by atoms with Crippen molar-refractivity contribution in [2.24, 2.45) is 0 Å². The summed E-state index contributed by atoms with van der Waals surface area (Å²) in [6, 6.07) is 9.37. The Morgan fingerprint density at radius 2 is 1.88 bits per heavy atom. The van der Waals surface area contributed by atoms with Gasteiger partial charge in [0.2, 0.25) is 5.95 Å². The number of anilines is 3. The summed E-state index contributed by atoms with van der Waals surface area (Å²) in [5.74, 6) is 1.87. The number of nitrogens with one attached hydrogen (secondary N) is 1. The molecule has 0 atom stereocenters. The second-order valence-corrected chi connectivity index (χ2v) is 5.51. The van der Waals surface area contributed by atoms with E-state index < -0.39 is 0 Å². The number of methoxy groups -OCH3 is 1. The fourth-order valence-electron chi connectivity index (χ4n) is 2.40. The molecule has 0 bridgehead atoms. The first-order valence-electron chi connectivity index (χ1n) is 7.74. The van der Waals surface area contributed by atoms with E-state index >= 15 is 0 Å². The minimum atomic E-state index is 0.113. The Kier molecular flexibility index (Phi) is 4.80. The summed E-state index contributed by atoms with van der Waals surface area (Å²) < 4.78 is 10.7. The van der Waals surface area contributed by atoms with Gasteiger partial charge >= 0.3 is 0 Å². The van der Waals surface area contributed by atoms with E-state index in [1.165, 1.54) is 0 Å². The van der Waals surface area contributed by atoms with Gasteiger partial charge in [-0.3, -0.25) is 4.98 Å². The van der Waals surface area contributed by atoms with Crippen molar-refractivity contribution in [3.05, 3.63) is 47.5 Å². The zero-order chi connectivity index (χ0) is 17.8. The number of pyridine rings is 1. The van der Waals surface area contributed by atoms with Crippen LogP contribution < -0.4 is 16.8 Å². The Hall–Kier alpha value is -3.13. The van der Waals surface area contributed by atoms with Crippen LogP contribution in [0.5, 0.6) is 0 Å². The van der Waals surface area contributed by atoms with Gasteiger partial charge in [0, 0.05) is 7.11 Å². The lowest BCUT2D eigenvalue weighted by Gasteiger charge is -2.11. The standard InChI is InChI=1S/C17H20N6O2/c1-10-6-7-13(25-10)15-14(18)16(23-17(19)22-15)20-8-11-4-3-5-12(21-11)9-24-2/h3-7H,8-9,18H2,1-2H3,(H3,19,20,22,23). The number of nitrogens with zero attached hydrogens (tertiary/aromatic N) is 3. The molecule has 8 heteroatoms. The lowest BCUT2D eigenvalue weighted by Crippen LogP contribution is -2.10. The van der Waals surface area contributed by atoms with E-state index in [1.54, 1.807) is 13.2 Å². The molecule has 0 aliphatic carbocycles. The van der Waals surface area contributed by atoms with Gasteiger partial charge in [-0.25, -0.2) is 4.98 Å². The molecule has 0 aromatic carbocycles. The molecule has 0 radical (unpaired) electrons. The summed E-state index contributed by atoms with van der Waals surface area (Å²) in [5, 5.41) is 3.16. The molecular weight excluding hydrogens is 320 g/mol. The number of hydrogen-bond donors (Lipinski definition) is 3. The molecule has 0 spiro atoms. The van der Waals surface area contributed by atoms with Gasteiger partial charge in [-0.1, -0.05) is 6.07 Å². The molecule has 8 nitrogen and oxygen atoms in total. The second kappa shape index (κ2) is 7.18. The van der Waals surface area contributed by atoms with Crippen LogP contribution >= 0.6 is 0 Å². The van der Waals surface area contributed by atoms with Gasteiger partial charge in [0.15, 0.2) is 11.6 Å². The molecule has 3 rings (SSSR count). The fourth-order valence-corrected chi connectivity index (χ4v) is 2.40. The highest BCUT2D eigenvalue weighted by Gasteiger charge is 2.15. The largest absolute Gasteiger partial charge is 0.460 e. The molecule has 25 heavy (non-hydrogen) atoms. The SMILES string of the molecule is COCc1cccc(CNc2nc(N)nc(-c3ccc(C)o3)c2N)n1. The molecule has 3 aromatic heterocycles. The third-order valence-electron chi connectivity index (χ3n) is 3.53. The van der Waals surface area contributed by atoms with E-state index in [-0.39, 0.29) is 5.95 Å². The summed E-state index contributed by atoms with van der Waals surface area (Å²) in [6.45, 7) is 2.75. The molecule has 130 valence electrons. The number of hydrogen-bond acceptors (Lipinski definition) is 8. The van der Waals surface area contributed by atoms with E-state index in [0.717, 1.165) is 17.1 Å². The van der Waals surface area contributed by atoms with Gasteiger partial charge in [-0.15, -0.1) is 0 Å². The van der Waals surface area contributed by atoms with Crippen LogP contribution in [0, 0.1) is 6.92 Å². The van der Waals surface area contributed by atoms with Crippen molar-refractivity contribution in [1.29, 1.82) is 0 Å². The average Bonchev–Trinajstić information content (AvgIpc) is 3.02. The molecule has 0 fully saturated rings. The van der Waals surface area contributed by atoms with Crippen LogP contribution in [0.25, 0.3) is 11.5 Å². The number of aromatic nitrogens is 3. The van der Waals surface area contributed by atoms with Gasteiger partial charge in [0.05, 0.1) is 24.5 Å². The summed E-state index contributed by atoms with van der Waals surface area (Å²) in [6.07, 6.45) is 0. The monoisotopic (exact) mass is 340 g/mol. The minimum Gasteiger partial charge on any atom is -0.460 e. The number of aryl methyl sites for hydroxylation is 1. The van der Waals surface area contributed by atoms with Crippen molar-refractivity contribution >= 4 is 17.5 Å². The lowest BCUT2D eigenvalue weighted by atomic mass is 10.2. The summed E-state index contributed by atoms with van der Waals surface area (Å²) in [7, 11) is 1.63. The quantitative estimate of drug-likeness (QED) is 0.624. The molecule has 3 aromatic rings. The highest BCUT2D eigenvalue weighted by molar-refractivity contribution is 5.79. The van der Waals surface area contributed by atoms with Gasteiger partial charge in [0.1, 0.15) is 17.1 Å². The molecule has 0 saturated heterocycles. The van der Waals surface area contributed by atoms with E-state index in [4.69, 9.17) is 20.6 Å². The summed E-state index contributed by atoms with van der Waals surface area (Å²) in [4.78, 5) is 12.9. The van der Waals surface area contributed by atoms with E-state index in [0.29, 0.717) is 36.1 Å². The second-order valence-electron chi connectivity index (χ2n) is 5.51. The Balaban J connectivity index is 1.83. The predicted molar refractivity (Wildman–Crippen MR) is 95.6 cm³/mol. The van der Waals surface area contributed by atoms with Crippen LogP contribution in [0.2, 0.25) is 0 Å². The Morgan fingerprint density at radius 1 is 1.08 bits per heavy atom. The van der Waals surface area contributed by atoms with Crippen molar-refractivity contribution < 1.29 is 9.15 Å². The number of furan rings is 1. The first-order chi connectivity index (χ1) is 12.1. The number of ether oxygens (including phenoxy) is 1. The molecule has 3 heterocycles. The average molecular weight is 340 g/mol. The van der Waals surface area contributed by atoms with Crippen LogP contribution in [0.15, 0.2) is 34.7 Å². The smallest absolute Gasteiger partial charge is 0.222 e. The molecule has 0 saturated carbocycles. The van der Waals surface area contributed by atoms with E-state index in [9.17, 15) is 0 Å². The Morgan fingerprint density at radius 3 is 2.60 bits per heavy atom. The van der Waals surface area contributed by atoms with Crippen LogP contribution in [0.1, 0.15) is 17.1 Å². The number of nitrogens with two attached hydrogens (primary N) is 2. The Bertz CT molecular complexity index is 877. The zero-order valence-corrected chi connectivity index (χ0v) is 14.1. The van der Waals surface area contributed by atoms with Gasteiger partial charge in [-0.2, -0.15) is 4.98 Å². The van der Waals surface area contributed by atoms with Gasteiger partial charge in [0.25, 0.3) is 0 Å². The van der Waals surface area contributed by atoms with Crippen LogP contribution in [-0.4, -0.2) is 22.1 Å². The van der Waals surface area contributed by atoms with Gasteiger partial charge < -0.3 is 25.9 Å². The first-order valence-corrected chi connectivity index (χ1v) is 7.74. The Labute approximate surface area is 145 Å². The highest BCUT2D eigenvalue weighted by atomic mass is 16.5. The molecular formula is C17H20N6O2. The molecule has 0 unspecified atom stereocenters. The van der Waals surface area contributed by atoms with Crippen molar-refractivity contribution in [1.82, 2.24) is 15.0 Å². The number of nitrogen functional groups attached to an aromatic ring is 2. The molecule has 0 aliphatic rings. The molecule has 5 N–H and O–H groups in total. The zero-order valence-electron chi connectivity index (χ0n) is 14.1. The fraction of sp³-hybridized carbons (Fsp3) is 0.235. The van der Waals surface area contributed by atoms with Gasteiger partial charge in [-0.05, 0) is 31.2 Å². The van der Waals surface area contributed by atoms with Crippen molar-refractivity contribution in [3.63, 3.8) is 0 Å². The van der Waals surface area contributed by atoms with Crippen molar-refractivity contribution in [2.45, 2.75) is 20.1 Å². The first kappa shape index (κ1) is 16.7. The van der Waals surface area contributed by atoms with E-state index in [1.807, 2.05) is 31.2 Å². The third-order valence-corrected chi connectivity index (χ3v) is 3.53. The van der Waals surface area contributed by atoms with Crippen LogP contribution in [-0.2, 0) is 17.9 Å². The third kappa shape index (κ3) is 3.86. The number of rotatable bonds is 6. The summed E-state index contributed by atoms with van der Waals surface area (Å²) in [5.41, 5.74) is 14.5. The molecule has 0 amide bonds. The van der Waals surface area contributed by atoms with E-state index in [2.05, 4.69) is 20.3 Å². The molecule has 0 aliphatic heterocycles. The lowest BCUT2D eigenvalue weighted by molar-refractivity contribution is 0.181. The maximum absolute atomic E-state index is 6.19. The van der Waals surface area contributed by atoms with Crippen molar-refractivity contribution in [2.75, 3.05) is 23.9 Å².